The van der Waals surface area contributed by atoms with Gasteiger partial charge in [-0.1, -0.05) is 0 Å². The molecule has 1 saturated carbocycles. The summed E-state index contributed by atoms with van der Waals surface area (Å²) in [6, 6.07) is 3.70. The molecule has 2 heterocycles. The molecule has 1 aliphatic rings. The molecule has 3 atom stereocenters. The van der Waals surface area contributed by atoms with Gasteiger partial charge in [0, 0.05) is 24.3 Å². The van der Waals surface area contributed by atoms with Crippen molar-refractivity contribution < 1.29 is 18.3 Å². The molecule has 0 radical (unpaired) electrons. The van der Waals surface area contributed by atoms with Crippen LogP contribution >= 0.6 is 0 Å². The number of alkyl halides is 3. The molecule has 0 spiro atoms. The zero-order valence-corrected chi connectivity index (χ0v) is 10.8. The Bertz CT molecular complexity index is 614. The number of pyridine rings is 1. The largest absolute Gasteiger partial charge is 0.433 e. The molecule has 8 heteroatoms. The van der Waals surface area contributed by atoms with Crippen LogP contribution in [0, 0.1) is 0 Å². The number of hydrogen-bond donors (Lipinski definition) is 2. The summed E-state index contributed by atoms with van der Waals surface area (Å²) in [4.78, 5) is 3.31. The van der Waals surface area contributed by atoms with Crippen molar-refractivity contribution in [2.24, 2.45) is 0 Å². The molecule has 21 heavy (non-hydrogen) atoms. The Morgan fingerprint density at radius 1 is 1.33 bits per heavy atom. The van der Waals surface area contributed by atoms with E-state index in [1.54, 1.807) is 23.1 Å². The Morgan fingerprint density at radius 2 is 2.14 bits per heavy atom. The number of halogens is 3. The number of aliphatic hydroxyl groups is 1. The van der Waals surface area contributed by atoms with Crippen LogP contribution in [-0.2, 0) is 6.18 Å². The highest BCUT2D eigenvalue weighted by molar-refractivity contribution is 5.45. The molecule has 112 valence electrons. The summed E-state index contributed by atoms with van der Waals surface area (Å²) in [6.07, 6.45) is -0.160. The number of nitrogens with one attached hydrogen (secondary N) is 1. The van der Waals surface area contributed by atoms with Crippen LogP contribution < -0.4 is 5.32 Å². The molecule has 0 saturated heterocycles. The van der Waals surface area contributed by atoms with Gasteiger partial charge in [-0.05, 0) is 24.6 Å². The number of aromatic nitrogens is 3. The first kappa shape index (κ1) is 13.9. The van der Waals surface area contributed by atoms with Crippen LogP contribution in [-0.4, -0.2) is 32.0 Å². The van der Waals surface area contributed by atoms with E-state index in [9.17, 15) is 18.3 Å². The van der Waals surface area contributed by atoms with E-state index in [-0.39, 0.29) is 12.1 Å². The molecular formula is C13H13F3N4O. The van der Waals surface area contributed by atoms with E-state index >= 15 is 0 Å². The fourth-order valence-corrected chi connectivity index (χ4v) is 2.46. The molecule has 1 fully saturated rings. The van der Waals surface area contributed by atoms with Crippen LogP contribution in [0.15, 0.2) is 36.8 Å². The summed E-state index contributed by atoms with van der Waals surface area (Å²) in [7, 11) is 0. The van der Waals surface area contributed by atoms with Crippen LogP contribution in [0.25, 0.3) is 0 Å². The smallest absolute Gasteiger partial charge is 0.391 e. The molecule has 2 aromatic heterocycles. The van der Waals surface area contributed by atoms with Gasteiger partial charge in [0.05, 0.1) is 18.2 Å². The summed E-state index contributed by atoms with van der Waals surface area (Å²) in [5.74, 6) is 0. The van der Waals surface area contributed by atoms with Crippen molar-refractivity contribution in [3.05, 3.63) is 42.5 Å². The topological polar surface area (TPSA) is 63.0 Å². The van der Waals surface area contributed by atoms with Gasteiger partial charge < -0.3 is 10.4 Å². The number of nitrogens with zero attached hydrogens (tertiary/aromatic N) is 3. The van der Waals surface area contributed by atoms with Crippen molar-refractivity contribution in [3.8, 4) is 0 Å². The lowest BCUT2D eigenvalue weighted by Crippen LogP contribution is -2.51. The SMILES string of the molecule is O[C@@H]1C[C@H](Nc2ccnc(C(F)(F)F)c2)[C@H]1n1cccn1. The Kier molecular flexibility index (Phi) is 3.32. The predicted molar refractivity (Wildman–Crippen MR) is 68.5 cm³/mol. The van der Waals surface area contributed by atoms with Crippen molar-refractivity contribution >= 4 is 5.69 Å². The minimum absolute atomic E-state index is 0.177. The molecular weight excluding hydrogens is 285 g/mol. The Hall–Kier alpha value is -2.09. The normalized spacial score (nSPS) is 25.4. The van der Waals surface area contributed by atoms with Crippen LogP contribution in [0.5, 0.6) is 0 Å². The van der Waals surface area contributed by atoms with Gasteiger partial charge in [0.2, 0.25) is 0 Å². The summed E-state index contributed by atoms with van der Waals surface area (Å²) in [5, 5.41) is 16.9. The highest BCUT2D eigenvalue weighted by atomic mass is 19.4. The maximum atomic E-state index is 12.6. The van der Waals surface area contributed by atoms with Crippen molar-refractivity contribution in [2.75, 3.05) is 5.32 Å². The Morgan fingerprint density at radius 3 is 2.76 bits per heavy atom. The van der Waals surface area contributed by atoms with Crippen molar-refractivity contribution in [3.63, 3.8) is 0 Å². The van der Waals surface area contributed by atoms with E-state index < -0.39 is 18.0 Å². The zero-order chi connectivity index (χ0) is 15.0. The highest BCUT2D eigenvalue weighted by Crippen LogP contribution is 2.35. The van der Waals surface area contributed by atoms with E-state index in [0.717, 1.165) is 12.3 Å². The average Bonchev–Trinajstić information content (AvgIpc) is 2.90. The first-order valence-electron chi connectivity index (χ1n) is 6.42. The maximum absolute atomic E-state index is 12.6. The third kappa shape index (κ3) is 2.71. The van der Waals surface area contributed by atoms with Gasteiger partial charge in [-0.25, -0.2) is 0 Å². The average molecular weight is 298 g/mol. The summed E-state index contributed by atoms with van der Waals surface area (Å²) in [5.41, 5.74) is -0.616. The molecule has 2 aromatic rings. The van der Waals surface area contributed by atoms with E-state index in [2.05, 4.69) is 15.4 Å². The van der Waals surface area contributed by atoms with Crippen LogP contribution in [0.2, 0.25) is 0 Å². The van der Waals surface area contributed by atoms with E-state index in [1.807, 2.05) is 0 Å². The minimum Gasteiger partial charge on any atom is -0.391 e. The van der Waals surface area contributed by atoms with Gasteiger partial charge in [0.25, 0.3) is 0 Å². The minimum atomic E-state index is -4.47. The lowest BCUT2D eigenvalue weighted by Gasteiger charge is -2.42. The van der Waals surface area contributed by atoms with Crippen molar-refractivity contribution in [2.45, 2.75) is 30.8 Å². The monoisotopic (exact) mass is 298 g/mol. The summed E-state index contributed by atoms with van der Waals surface area (Å²) >= 11 is 0. The second kappa shape index (κ2) is 5.03. The lowest BCUT2D eigenvalue weighted by atomic mass is 9.83. The molecule has 2 N–H and O–H groups in total. The Labute approximate surface area is 118 Å². The fraction of sp³-hybridized carbons (Fsp3) is 0.385. The second-order valence-corrected chi connectivity index (χ2v) is 4.96. The van der Waals surface area contributed by atoms with Gasteiger partial charge in [0.15, 0.2) is 0 Å². The third-order valence-corrected chi connectivity index (χ3v) is 3.53. The van der Waals surface area contributed by atoms with Crippen LogP contribution in [0.3, 0.4) is 0 Å². The standard InChI is InChI=1S/C13H13F3N4O/c14-13(15,16)11-6-8(2-4-17-11)19-9-7-10(21)12(9)20-5-1-3-18-20/h1-6,9-10,12,21H,7H2,(H,17,19)/t9-,10+,12+/m0/s1. The molecule has 0 unspecified atom stereocenters. The third-order valence-electron chi connectivity index (χ3n) is 3.53. The lowest BCUT2D eigenvalue weighted by molar-refractivity contribution is -0.141. The molecule has 0 amide bonds. The van der Waals surface area contributed by atoms with Gasteiger partial charge in [0.1, 0.15) is 5.69 Å². The number of anilines is 1. The number of aliphatic hydroxyl groups excluding tert-OH is 1. The summed E-state index contributed by atoms with van der Waals surface area (Å²) < 4.78 is 39.5. The van der Waals surface area contributed by atoms with Gasteiger partial charge in [-0.2, -0.15) is 18.3 Å². The summed E-state index contributed by atoms with van der Waals surface area (Å²) in [6.45, 7) is 0. The van der Waals surface area contributed by atoms with Gasteiger partial charge in [-0.15, -0.1) is 0 Å². The zero-order valence-electron chi connectivity index (χ0n) is 10.8. The predicted octanol–water partition coefficient (Wildman–Crippen LogP) is 2.08. The molecule has 0 aromatic carbocycles. The van der Waals surface area contributed by atoms with E-state index in [0.29, 0.717) is 12.1 Å². The molecule has 0 aliphatic heterocycles. The first-order chi connectivity index (χ1) is 9.95. The fourth-order valence-electron chi connectivity index (χ4n) is 2.46. The first-order valence-corrected chi connectivity index (χ1v) is 6.42. The van der Waals surface area contributed by atoms with E-state index in [1.165, 1.54) is 6.07 Å². The van der Waals surface area contributed by atoms with Crippen molar-refractivity contribution in [1.29, 1.82) is 0 Å². The van der Waals surface area contributed by atoms with Crippen molar-refractivity contribution in [1.82, 2.24) is 14.8 Å². The Balaban J connectivity index is 1.75. The maximum Gasteiger partial charge on any atom is 0.433 e. The van der Waals surface area contributed by atoms with Gasteiger partial charge >= 0.3 is 6.18 Å². The van der Waals surface area contributed by atoms with Gasteiger partial charge in [-0.3, -0.25) is 9.67 Å². The van der Waals surface area contributed by atoms with Crippen LogP contribution in [0.1, 0.15) is 18.2 Å². The highest BCUT2D eigenvalue weighted by Gasteiger charge is 2.42. The molecule has 0 bridgehead atoms. The number of hydrogen-bond acceptors (Lipinski definition) is 4. The molecule has 3 rings (SSSR count). The van der Waals surface area contributed by atoms with Crippen LogP contribution in [0.4, 0.5) is 18.9 Å². The number of rotatable bonds is 3. The molecule has 5 nitrogen and oxygen atoms in total. The van der Waals surface area contributed by atoms with E-state index in [4.69, 9.17) is 0 Å². The quantitative estimate of drug-likeness (QED) is 0.910. The second-order valence-electron chi connectivity index (χ2n) is 4.96. The molecule has 1 aliphatic carbocycles.